The van der Waals surface area contributed by atoms with Gasteiger partial charge in [-0.25, -0.2) is 9.89 Å². The largest absolute Gasteiger partial charge is 0.481 e. The molecule has 0 bridgehead atoms. The second-order valence-corrected chi connectivity index (χ2v) is 2.85. The Morgan fingerprint density at radius 2 is 2.54 bits per heavy atom. The molecule has 0 saturated heterocycles. The van der Waals surface area contributed by atoms with Gasteiger partial charge in [0.1, 0.15) is 6.33 Å². The minimum Gasteiger partial charge on any atom is -0.481 e. The number of nitrogens with one attached hydrogen (secondary N) is 1. The predicted molar refractivity (Wildman–Crippen MR) is 44.4 cm³/mol. The van der Waals surface area contributed by atoms with Crippen molar-refractivity contribution in [2.45, 2.75) is 25.8 Å². The molecule has 0 aliphatic carbocycles. The molecule has 0 aliphatic rings. The minimum atomic E-state index is -0.858. The van der Waals surface area contributed by atoms with Gasteiger partial charge in [0.05, 0.1) is 0 Å². The Hall–Kier alpha value is -1.59. The molecule has 1 aromatic rings. The molecule has 0 spiro atoms. The zero-order valence-electron chi connectivity index (χ0n) is 7.23. The quantitative estimate of drug-likeness (QED) is 0.690. The van der Waals surface area contributed by atoms with Gasteiger partial charge in [0.25, 0.3) is 0 Å². The first-order chi connectivity index (χ1) is 6.11. The zero-order chi connectivity index (χ0) is 9.84. The van der Waals surface area contributed by atoms with E-state index in [4.69, 9.17) is 5.11 Å². The highest BCUT2D eigenvalue weighted by Crippen LogP contribution is 2.08. The van der Waals surface area contributed by atoms with E-state index in [1.807, 2.05) is 0 Å². The molecule has 2 N–H and O–H groups in total. The summed E-state index contributed by atoms with van der Waals surface area (Å²) in [4.78, 5) is 21.3. The second kappa shape index (κ2) is 3.88. The van der Waals surface area contributed by atoms with Gasteiger partial charge in [-0.2, -0.15) is 5.10 Å². The smallest absolute Gasteiger partial charge is 0.343 e. The predicted octanol–water partition coefficient (Wildman–Crippen LogP) is -0.00280. The summed E-state index contributed by atoms with van der Waals surface area (Å²) in [5, 5.41) is 14.2. The van der Waals surface area contributed by atoms with Gasteiger partial charge in [0.15, 0.2) is 0 Å². The summed E-state index contributed by atoms with van der Waals surface area (Å²) < 4.78 is 1.38. The van der Waals surface area contributed by atoms with Crippen LogP contribution < -0.4 is 5.69 Å². The molecule has 72 valence electrons. The van der Waals surface area contributed by atoms with Crippen molar-refractivity contribution in [3.05, 3.63) is 16.8 Å². The summed E-state index contributed by atoms with van der Waals surface area (Å²) in [5.41, 5.74) is -0.308. The number of H-pyrrole nitrogens is 1. The van der Waals surface area contributed by atoms with E-state index in [9.17, 15) is 9.59 Å². The van der Waals surface area contributed by atoms with Crippen molar-refractivity contribution < 1.29 is 9.90 Å². The Morgan fingerprint density at radius 1 is 1.85 bits per heavy atom. The second-order valence-electron chi connectivity index (χ2n) is 2.85. The highest BCUT2D eigenvalue weighted by atomic mass is 16.4. The lowest BCUT2D eigenvalue weighted by Gasteiger charge is -2.08. The van der Waals surface area contributed by atoms with Gasteiger partial charge in [-0.3, -0.25) is 9.36 Å². The fraction of sp³-hybridized carbons (Fsp3) is 0.571. The molecule has 13 heavy (non-hydrogen) atoms. The molecule has 1 unspecified atom stereocenters. The molecule has 1 aromatic heterocycles. The minimum absolute atomic E-state index is 0.0544. The van der Waals surface area contributed by atoms with E-state index in [0.717, 1.165) is 0 Å². The van der Waals surface area contributed by atoms with E-state index < -0.39 is 5.97 Å². The summed E-state index contributed by atoms with van der Waals surface area (Å²) in [5.74, 6) is -0.858. The number of aliphatic carboxylic acids is 1. The third kappa shape index (κ3) is 2.43. The molecular formula is C7H11N3O3. The van der Waals surface area contributed by atoms with Gasteiger partial charge in [-0.15, -0.1) is 0 Å². The fourth-order valence-corrected chi connectivity index (χ4v) is 1.04. The van der Waals surface area contributed by atoms with Crippen molar-refractivity contribution in [2.75, 3.05) is 0 Å². The third-order valence-electron chi connectivity index (χ3n) is 1.83. The van der Waals surface area contributed by atoms with Crippen LogP contribution in [-0.2, 0) is 4.79 Å². The molecule has 1 rings (SSSR count). The number of aromatic amines is 1. The zero-order valence-corrected chi connectivity index (χ0v) is 7.23. The molecule has 0 radical (unpaired) electrons. The maximum atomic E-state index is 11.0. The fourth-order valence-electron chi connectivity index (χ4n) is 1.04. The van der Waals surface area contributed by atoms with Gasteiger partial charge < -0.3 is 5.11 Å². The lowest BCUT2D eigenvalue weighted by atomic mass is 10.2. The van der Waals surface area contributed by atoms with E-state index in [1.165, 1.54) is 10.9 Å². The summed E-state index contributed by atoms with van der Waals surface area (Å²) in [6, 6.07) is -0.137. The van der Waals surface area contributed by atoms with E-state index >= 15 is 0 Å². The van der Waals surface area contributed by atoms with Crippen LogP contribution in [-0.4, -0.2) is 25.8 Å². The molecule has 0 amide bonds. The van der Waals surface area contributed by atoms with Gasteiger partial charge in [0, 0.05) is 12.5 Å². The number of nitrogens with zero attached hydrogens (tertiary/aromatic N) is 2. The number of carbonyl (C=O) groups is 1. The van der Waals surface area contributed by atoms with Crippen molar-refractivity contribution in [3.63, 3.8) is 0 Å². The van der Waals surface area contributed by atoms with Crippen LogP contribution in [0.25, 0.3) is 0 Å². The monoisotopic (exact) mass is 185 g/mol. The van der Waals surface area contributed by atoms with Crippen molar-refractivity contribution >= 4 is 5.97 Å². The lowest BCUT2D eigenvalue weighted by molar-refractivity contribution is -0.137. The number of carboxylic acids is 1. The van der Waals surface area contributed by atoms with Gasteiger partial charge >= 0.3 is 11.7 Å². The van der Waals surface area contributed by atoms with Crippen LogP contribution in [0.2, 0.25) is 0 Å². The first-order valence-electron chi connectivity index (χ1n) is 3.94. The summed E-state index contributed by atoms with van der Waals surface area (Å²) in [6.07, 6.45) is 1.85. The van der Waals surface area contributed by atoms with Gasteiger partial charge in [0.2, 0.25) is 0 Å². The topological polar surface area (TPSA) is 88.0 Å². The molecule has 1 atom stereocenters. The average Bonchev–Trinajstić information content (AvgIpc) is 2.47. The van der Waals surface area contributed by atoms with Gasteiger partial charge in [-0.05, 0) is 13.3 Å². The van der Waals surface area contributed by atoms with E-state index in [-0.39, 0.29) is 18.2 Å². The molecule has 1 heterocycles. The lowest BCUT2D eigenvalue weighted by Crippen LogP contribution is -2.20. The summed E-state index contributed by atoms with van der Waals surface area (Å²) in [7, 11) is 0. The first-order valence-corrected chi connectivity index (χ1v) is 3.94. The number of carboxylic acid groups (broad SMARTS) is 1. The number of hydrogen-bond acceptors (Lipinski definition) is 3. The van der Waals surface area contributed by atoms with Crippen LogP contribution in [0.5, 0.6) is 0 Å². The first kappa shape index (κ1) is 9.50. The molecule has 0 aromatic carbocycles. The van der Waals surface area contributed by atoms with Crippen LogP contribution in [0, 0.1) is 0 Å². The molecular weight excluding hydrogens is 174 g/mol. The standard InChI is InChI=1S/C7H11N3O3/c1-5(2-3-6(11)12)10-4-8-9-7(10)13/h4-5H,2-3H2,1H3,(H,9,13)(H,11,12). The highest BCUT2D eigenvalue weighted by Gasteiger charge is 2.09. The van der Waals surface area contributed by atoms with Crippen molar-refractivity contribution in [1.29, 1.82) is 0 Å². The maximum Gasteiger partial charge on any atom is 0.343 e. The molecule has 0 saturated carbocycles. The molecule has 6 heteroatoms. The maximum absolute atomic E-state index is 11.0. The number of aromatic nitrogens is 3. The highest BCUT2D eigenvalue weighted by molar-refractivity contribution is 5.66. The van der Waals surface area contributed by atoms with Crippen LogP contribution in [0.1, 0.15) is 25.8 Å². The van der Waals surface area contributed by atoms with Crippen molar-refractivity contribution in [3.8, 4) is 0 Å². The van der Waals surface area contributed by atoms with E-state index in [2.05, 4.69) is 10.2 Å². The Kier molecular flexibility index (Phi) is 2.84. The van der Waals surface area contributed by atoms with Gasteiger partial charge in [-0.1, -0.05) is 0 Å². The number of hydrogen-bond donors (Lipinski definition) is 2. The van der Waals surface area contributed by atoms with Crippen LogP contribution in [0.3, 0.4) is 0 Å². The third-order valence-corrected chi connectivity index (χ3v) is 1.83. The van der Waals surface area contributed by atoms with Crippen molar-refractivity contribution in [2.24, 2.45) is 0 Å². The van der Waals surface area contributed by atoms with Crippen LogP contribution in [0.4, 0.5) is 0 Å². The Bertz CT molecular complexity index is 341. The summed E-state index contributed by atoms with van der Waals surface area (Å²) >= 11 is 0. The Balaban J connectivity index is 2.59. The SMILES string of the molecule is CC(CCC(=O)O)n1cn[nH]c1=O. The van der Waals surface area contributed by atoms with Crippen LogP contribution in [0.15, 0.2) is 11.1 Å². The number of rotatable bonds is 4. The molecule has 0 aliphatic heterocycles. The molecule has 0 fully saturated rings. The van der Waals surface area contributed by atoms with E-state index in [1.54, 1.807) is 6.92 Å². The average molecular weight is 185 g/mol. The van der Waals surface area contributed by atoms with Crippen LogP contribution >= 0.6 is 0 Å². The Morgan fingerprint density at radius 3 is 3.00 bits per heavy atom. The Labute approximate surface area is 74.2 Å². The normalized spacial score (nSPS) is 12.7. The van der Waals surface area contributed by atoms with E-state index in [0.29, 0.717) is 6.42 Å². The summed E-state index contributed by atoms with van der Waals surface area (Å²) in [6.45, 7) is 1.78. The molecule has 6 nitrogen and oxygen atoms in total. The van der Waals surface area contributed by atoms with Crippen molar-refractivity contribution in [1.82, 2.24) is 14.8 Å².